The Kier molecular flexibility index (Phi) is 6.17. The summed E-state index contributed by atoms with van der Waals surface area (Å²) < 4.78 is 24.0. The molecule has 6 nitrogen and oxygen atoms in total. The van der Waals surface area contributed by atoms with Gasteiger partial charge in [0.1, 0.15) is 11.9 Å². The Hall–Kier alpha value is -1.36. The van der Waals surface area contributed by atoms with E-state index >= 15 is 0 Å². The lowest BCUT2D eigenvalue weighted by molar-refractivity contribution is 0.0310. The van der Waals surface area contributed by atoms with Crippen LogP contribution in [0, 0.1) is 0 Å². The summed E-state index contributed by atoms with van der Waals surface area (Å²) in [5.41, 5.74) is 0.0128. The molecule has 1 amide bonds. The Morgan fingerprint density at radius 3 is 2.27 bits per heavy atom. The Morgan fingerprint density at radius 1 is 1.32 bits per heavy atom. The lowest BCUT2D eigenvalue weighted by Crippen LogP contribution is -2.37. The highest BCUT2D eigenvalue weighted by molar-refractivity contribution is 7.56. The number of rotatable bonds is 5. The molecule has 0 saturated heterocycles. The van der Waals surface area contributed by atoms with Crippen LogP contribution in [0.4, 0.5) is 4.79 Å². The molecular weight excluding hydrogens is 305 g/mol. The zero-order chi connectivity index (χ0) is 17.0. The van der Waals surface area contributed by atoms with Crippen LogP contribution in [0.15, 0.2) is 30.3 Å². The lowest BCUT2D eigenvalue weighted by atomic mass is 10.1. The molecule has 0 aliphatic rings. The van der Waals surface area contributed by atoms with Crippen LogP contribution in [-0.2, 0) is 13.8 Å². The van der Waals surface area contributed by atoms with E-state index in [0.717, 1.165) is 10.2 Å². The van der Waals surface area contributed by atoms with Crippen LogP contribution in [0.5, 0.6) is 0 Å². The number of amides is 1. The van der Waals surface area contributed by atoms with Crippen molar-refractivity contribution in [3.8, 4) is 0 Å². The molecule has 124 valence electrons. The average Bonchev–Trinajstić information content (AvgIpc) is 2.46. The van der Waals surface area contributed by atoms with Crippen molar-refractivity contribution in [1.82, 2.24) is 4.67 Å². The SMILES string of the molecule is CO[P@](=O)(CO)N(C(=O)OC(C)(C)C)[C@@H](C)c1ccccc1. The van der Waals surface area contributed by atoms with Crippen molar-refractivity contribution in [2.24, 2.45) is 0 Å². The van der Waals surface area contributed by atoms with Crippen molar-refractivity contribution in [2.45, 2.75) is 39.3 Å². The zero-order valence-corrected chi connectivity index (χ0v) is 14.5. The van der Waals surface area contributed by atoms with E-state index in [1.807, 2.05) is 18.2 Å². The molecule has 0 aliphatic heterocycles. The number of hydrogen-bond donors (Lipinski definition) is 1. The summed E-state index contributed by atoms with van der Waals surface area (Å²) >= 11 is 0. The van der Waals surface area contributed by atoms with Gasteiger partial charge in [0.25, 0.3) is 0 Å². The first kappa shape index (κ1) is 18.7. The van der Waals surface area contributed by atoms with Gasteiger partial charge in [-0.15, -0.1) is 0 Å². The van der Waals surface area contributed by atoms with E-state index in [2.05, 4.69) is 0 Å². The van der Waals surface area contributed by atoms with Gasteiger partial charge in [-0.05, 0) is 33.3 Å². The van der Waals surface area contributed by atoms with Crippen LogP contribution < -0.4 is 0 Å². The topological polar surface area (TPSA) is 76.1 Å². The summed E-state index contributed by atoms with van der Waals surface area (Å²) in [6.45, 7) is 6.85. The second-order valence-electron chi connectivity index (χ2n) is 5.87. The van der Waals surface area contributed by atoms with Gasteiger partial charge >= 0.3 is 13.6 Å². The quantitative estimate of drug-likeness (QED) is 0.832. The molecule has 1 aromatic rings. The van der Waals surface area contributed by atoms with E-state index in [1.54, 1.807) is 39.8 Å². The molecular formula is C15H24NO5P. The predicted molar refractivity (Wildman–Crippen MR) is 84.6 cm³/mol. The first-order chi connectivity index (χ1) is 10.1. The van der Waals surface area contributed by atoms with E-state index in [0.29, 0.717) is 0 Å². The van der Waals surface area contributed by atoms with Crippen LogP contribution in [0.1, 0.15) is 39.3 Å². The Bertz CT molecular complexity index is 533. The van der Waals surface area contributed by atoms with Gasteiger partial charge in [0.2, 0.25) is 0 Å². The van der Waals surface area contributed by atoms with E-state index in [1.165, 1.54) is 7.11 Å². The first-order valence-corrected chi connectivity index (χ1v) is 8.74. The first-order valence-electron chi connectivity index (χ1n) is 6.98. The fraction of sp³-hybridized carbons (Fsp3) is 0.533. The molecule has 0 radical (unpaired) electrons. The fourth-order valence-electron chi connectivity index (χ4n) is 1.94. The maximum Gasteiger partial charge on any atom is 0.418 e. The number of ether oxygens (including phenoxy) is 1. The molecule has 0 aromatic heterocycles. The van der Waals surface area contributed by atoms with Gasteiger partial charge in [-0.25, -0.2) is 9.46 Å². The number of aliphatic hydroxyl groups is 1. The van der Waals surface area contributed by atoms with Crippen LogP contribution in [0.3, 0.4) is 0 Å². The van der Waals surface area contributed by atoms with Gasteiger partial charge in [0.05, 0.1) is 6.04 Å². The van der Waals surface area contributed by atoms with Crippen molar-refractivity contribution in [2.75, 3.05) is 13.5 Å². The minimum absolute atomic E-state index is 0.575. The fourth-order valence-corrected chi connectivity index (χ4v) is 3.32. The van der Waals surface area contributed by atoms with Crippen LogP contribution in [0.25, 0.3) is 0 Å². The zero-order valence-electron chi connectivity index (χ0n) is 13.6. The minimum Gasteiger partial charge on any atom is -0.443 e. The average molecular weight is 329 g/mol. The third-order valence-electron chi connectivity index (χ3n) is 3.02. The summed E-state index contributed by atoms with van der Waals surface area (Å²) in [5.74, 6) is 0. The molecule has 22 heavy (non-hydrogen) atoms. The molecule has 1 N–H and O–H groups in total. The lowest BCUT2D eigenvalue weighted by Gasteiger charge is -2.35. The van der Waals surface area contributed by atoms with Crippen LogP contribution in [0.2, 0.25) is 0 Å². The second-order valence-corrected chi connectivity index (χ2v) is 8.23. The molecule has 1 aromatic carbocycles. The Balaban J connectivity index is 3.23. The van der Waals surface area contributed by atoms with Gasteiger partial charge < -0.3 is 14.4 Å². The van der Waals surface area contributed by atoms with E-state index in [-0.39, 0.29) is 0 Å². The number of carbonyl (C=O) groups is 1. The van der Waals surface area contributed by atoms with Crippen molar-refractivity contribution in [3.63, 3.8) is 0 Å². The van der Waals surface area contributed by atoms with Crippen LogP contribution in [-0.4, -0.2) is 34.9 Å². The summed E-state index contributed by atoms with van der Waals surface area (Å²) in [4.78, 5) is 12.5. The van der Waals surface area contributed by atoms with E-state index in [4.69, 9.17) is 9.26 Å². The molecule has 0 aliphatic carbocycles. The number of carbonyl (C=O) groups excluding carboxylic acids is 1. The molecule has 0 spiro atoms. The predicted octanol–water partition coefficient (Wildman–Crippen LogP) is 3.77. The number of hydrogen-bond acceptors (Lipinski definition) is 5. The molecule has 1 rings (SSSR count). The summed E-state index contributed by atoms with van der Waals surface area (Å²) in [7, 11) is -2.54. The third kappa shape index (κ3) is 4.57. The number of nitrogens with zero attached hydrogens (tertiary/aromatic N) is 1. The van der Waals surface area contributed by atoms with Crippen molar-refractivity contribution >= 4 is 13.6 Å². The Labute approximate surface area is 131 Å². The van der Waals surface area contributed by atoms with E-state index in [9.17, 15) is 14.5 Å². The maximum absolute atomic E-state index is 12.7. The van der Waals surface area contributed by atoms with Gasteiger partial charge in [0.15, 0.2) is 0 Å². The molecule has 0 heterocycles. The molecule has 0 fully saturated rings. The van der Waals surface area contributed by atoms with Crippen molar-refractivity contribution in [1.29, 1.82) is 0 Å². The standard InChI is InChI=1S/C15H24NO5P/c1-12(13-9-7-6-8-10-13)16(22(19,11-17)20-5)14(18)21-15(2,3)4/h6-10,12,17H,11H2,1-5H3/t12-,22+/m0/s1. The minimum atomic E-state index is -3.74. The van der Waals surface area contributed by atoms with E-state index < -0.39 is 31.6 Å². The van der Waals surface area contributed by atoms with Crippen LogP contribution >= 0.6 is 7.52 Å². The maximum atomic E-state index is 12.7. The van der Waals surface area contributed by atoms with Gasteiger partial charge in [-0.2, -0.15) is 0 Å². The van der Waals surface area contributed by atoms with Gasteiger partial charge in [-0.1, -0.05) is 30.3 Å². The highest BCUT2D eigenvalue weighted by Gasteiger charge is 2.41. The molecule has 0 saturated carbocycles. The monoisotopic (exact) mass is 329 g/mol. The normalized spacial score (nSPS) is 15.7. The largest absolute Gasteiger partial charge is 0.443 e. The summed E-state index contributed by atoms with van der Waals surface area (Å²) in [5, 5.41) is 9.46. The number of benzene rings is 1. The number of aliphatic hydroxyl groups excluding tert-OH is 1. The van der Waals surface area contributed by atoms with Crippen molar-refractivity contribution in [3.05, 3.63) is 35.9 Å². The van der Waals surface area contributed by atoms with Crippen molar-refractivity contribution < 1.29 is 23.7 Å². The summed E-state index contributed by atoms with van der Waals surface area (Å²) in [6.07, 6.45) is -1.57. The molecule has 0 unspecified atom stereocenters. The molecule has 2 atom stereocenters. The molecule has 7 heteroatoms. The highest BCUT2D eigenvalue weighted by atomic mass is 31.2. The summed E-state index contributed by atoms with van der Waals surface area (Å²) in [6, 6.07) is 8.51. The Morgan fingerprint density at radius 2 is 1.86 bits per heavy atom. The highest BCUT2D eigenvalue weighted by Crippen LogP contribution is 2.54. The third-order valence-corrected chi connectivity index (χ3v) is 5.12. The van der Waals surface area contributed by atoms with Gasteiger partial charge in [0, 0.05) is 7.11 Å². The van der Waals surface area contributed by atoms with Gasteiger partial charge in [-0.3, -0.25) is 4.57 Å². The second kappa shape index (κ2) is 7.27. The molecule has 0 bridgehead atoms. The smallest absolute Gasteiger partial charge is 0.418 e.